The Hall–Kier alpha value is -1.79. The van der Waals surface area contributed by atoms with Crippen LogP contribution in [0.3, 0.4) is 0 Å². The summed E-state index contributed by atoms with van der Waals surface area (Å²) in [4.78, 5) is 0. The van der Waals surface area contributed by atoms with E-state index in [0.717, 1.165) is 4.47 Å². The van der Waals surface area contributed by atoms with Gasteiger partial charge in [0.15, 0.2) is 5.84 Å². The van der Waals surface area contributed by atoms with Gasteiger partial charge in [-0.05, 0) is 24.3 Å². The van der Waals surface area contributed by atoms with E-state index in [0.29, 0.717) is 16.3 Å². The molecule has 0 saturated heterocycles. The molecule has 0 fully saturated rings. The average molecular weight is 373 g/mol. The normalized spacial score (nSPS) is 11.5. The highest BCUT2D eigenvalue weighted by Gasteiger charge is 2.11. The summed E-state index contributed by atoms with van der Waals surface area (Å²) in [6.07, 6.45) is 0. The Morgan fingerprint density at radius 3 is 2.81 bits per heavy atom. The zero-order valence-electron chi connectivity index (χ0n) is 10.8. The zero-order valence-corrected chi connectivity index (χ0v) is 13.1. The van der Waals surface area contributed by atoms with E-state index in [1.165, 1.54) is 6.07 Å². The average Bonchev–Trinajstić information content (AvgIpc) is 2.47. The summed E-state index contributed by atoms with van der Waals surface area (Å²) in [7, 11) is 0. The van der Waals surface area contributed by atoms with Gasteiger partial charge >= 0.3 is 0 Å². The van der Waals surface area contributed by atoms with Crippen LogP contribution in [0.4, 0.5) is 10.1 Å². The van der Waals surface area contributed by atoms with Crippen molar-refractivity contribution in [1.29, 1.82) is 0 Å². The molecule has 7 heteroatoms. The molecule has 0 saturated carbocycles. The highest BCUT2D eigenvalue weighted by molar-refractivity contribution is 9.10. The Bertz CT molecular complexity index is 694. The Labute approximate surface area is 134 Å². The first kappa shape index (κ1) is 15.6. The summed E-state index contributed by atoms with van der Waals surface area (Å²) in [5.41, 5.74) is 6.56. The summed E-state index contributed by atoms with van der Waals surface area (Å²) >= 11 is 9.40. The second-order valence-corrected chi connectivity index (χ2v) is 5.56. The van der Waals surface area contributed by atoms with Crippen LogP contribution in [-0.4, -0.2) is 11.0 Å². The molecule has 4 N–H and O–H groups in total. The van der Waals surface area contributed by atoms with Crippen molar-refractivity contribution in [2.45, 2.75) is 6.54 Å². The number of halogens is 3. The molecule has 0 unspecified atom stereocenters. The van der Waals surface area contributed by atoms with Crippen LogP contribution in [0.2, 0.25) is 5.02 Å². The minimum atomic E-state index is -0.534. The maximum absolute atomic E-state index is 14.2. The molecule has 0 aliphatic carbocycles. The molecule has 2 aromatic rings. The van der Waals surface area contributed by atoms with Crippen LogP contribution in [0.25, 0.3) is 0 Å². The number of rotatable bonds is 4. The van der Waals surface area contributed by atoms with Gasteiger partial charge in [0.2, 0.25) is 0 Å². The lowest BCUT2D eigenvalue weighted by Gasteiger charge is -2.11. The first-order valence-corrected chi connectivity index (χ1v) is 7.14. The lowest BCUT2D eigenvalue weighted by molar-refractivity contribution is 0.318. The Morgan fingerprint density at radius 1 is 1.38 bits per heavy atom. The van der Waals surface area contributed by atoms with Crippen molar-refractivity contribution in [2.24, 2.45) is 10.9 Å². The predicted octanol–water partition coefficient (Wildman–Crippen LogP) is 3.95. The summed E-state index contributed by atoms with van der Waals surface area (Å²) in [6.45, 7) is 0.222. The van der Waals surface area contributed by atoms with Crippen LogP contribution in [0.15, 0.2) is 46.0 Å². The number of hydrogen-bond acceptors (Lipinski definition) is 3. The van der Waals surface area contributed by atoms with Crippen LogP contribution in [0.1, 0.15) is 11.1 Å². The largest absolute Gasteiger partial charge is 0.409 e. The molecule has 2 rings (SSSR count). The highest BCUT2D eigenvalue weighted by atomic mass is 79.9. The molecule has 2 aromatic carbocycles. The Morgan fingerprint density at radius 2 is 2.14 bits per heavy atom. The van der Waals surface area contributed by atoms with Crippen LogP contribution in [0, 0.1) is 5.82 Å². The number of anilines is 1. The quantitative estimate of drug-likeness (QED) is 0.329. The third kappa shape index (κ3) is 3.65. The first-order valence-electron chi connectivity index (χ1n) is 5.97. The van der Waals surface area contributed by atoms with Gasteiger partial charge in [-0.25, -0.2) is 4.39 Å². The SMILES string of the molecule is N/C(=N/O)c1cccc(CNc2ccc(Br)cc2Cl)c1F. The molecular formula is C14H12BrClFN3O. The van der Waals surface area contributed by atoms with Gasteiger partial charge in [-0.1, -0.05) is 44.8 Å². The third-order valence-corrected chi connectivity index (χ3v) is 3.67. The summed E-state index contributed by atoms with van der Waals surface area (Å²) < 4.78 is 15.1. The van der Waals surface area contributed by atoms with E-state index in [4.69, 9.17) is 22.5 Å². The zero-order chi connectivity index (χ0) is 15.4. The maximum Gasteiger partial charge on any atom is 0.173 e. The fraction of sp³-hybridized carbons (Fsp3) is 0.0714. The van der Waals surface area contributed by atoms with E-state index in [-0.39, 0.29) is 17.9 Å². The molecule has 0 aromatic heterocycles. The van der Waals surface area contributed by atoms with E-state index in [9.17, 15) is 4.39 Å². The van der Waals surface area contributed by atoms with Crippen LogP contribution < -0.4 is 11.1 Å². The summed E-state index contributed by atoms with van der Waals surface area (Å²) in [5, 5.41) is 15.0. The van der Waals surface area contributed by atoms with E-state index >= 15 is 0 Å². The molecular weight excluding hydrogens is 361 g/mol. The molecule has 0 atom stereocenters. The second-order valence-electron chi connectivity index (χ2n) is 4.24. The van der Waals surface area contributed by atoms with Gasteiger partial charge in [-0.3, -0.25) is 0 Å². The molecule has 0 amide bonds. The number of oxime groups is 1. The number of nitrogens with zero attached hydrogens (tertiary/aromatic N) is 1. The maximum atomic E-state index is 14.2. The van der Waals surface area contributed by atoms with Crippen molar-refractivity contribution in [1.82, 2.24) is 0 Å². The predicted molar refractivity (Wildman–Crippen MR) is 85.4 cm³/mol. The number of nitrogens with one attached hydrogen (secondary N) is 1. The monoisotopic (exact) mass is 371 g/mol. The lowest BCUT2D eigenvalue weighted by Crippen LogP contribution is -2.16. The van der Waals surface area contributed by atoms with Gasteiger partial charge < -0.3 is 16.3 Å². The highest BCUT2D eigenvalue weighted by Crippen LogP contribution is 2.26. The molecule has 0 bridgehead atoms. The molecule has 0 heterocycles. The van der Waals surface area contributed by atoms with Crippen molar-refractivity contribution in [3.8, 4) is 0 Å². The summed E-state index contributed by atoms with van der Waals surface area (Å²) in [6, 6.07) is 10.1. The molecule has 0 aliphatic rings. The van der Waals surface area contributed by atoms with Crippen molar-refractivity contribution in [2.75, 3.05) is 5.32 Å². The smallest absolute Gasteiger partial charge is 0.173 e. The van der Waals surface area contributed by atoms with E-state index in [1.54, 1.807) is 24.3 Å². The summed E-state index contributed by atoms with van der Waals surface area (Å²) in [5.74, 6) is -0.801. The van der Waals surface area contributed by atoms with Crippen molar-refractivity contribution >= 4 is 39.1 Å². The van der Waals surface area contributed by atoms with Crippen LogP contribution >= 0.6 is 27.5 Å². The van der Waals surface area contributed by atoms with Gasteiger partial charge in [-0.15, -0.1) is 0 Å². The molecule has 0 aliphatic heterocycles. The minimum Gasteiger partial charge on any atom is -0.409 e. The fourth-order valence-corrected chi connectivity index (χ4v) is 2.53. The molecule has 4 nitrogen and oxygen atoms in total. The first-order chi connectivity index (χ1) is 10.0. The Kier molecular flexibility index (Phi) is 5.03. The molecule has 21 heavy (non-hydrogen) atoms. The number of nitrogens with two attached hydrogens (primary N) is 1. The minimum absolute atomic E-state index is 0.0544. The van der Waals surface area contributed by atoms with Gasteiger partial charge in [0.1, 0.15) is 5.82 Å². The van der Waals surface area contributed by atoms with Crippen molar-refractivity contribution in [3.05, 3.63) is 62.8 Å². The van der Waals surface area contributed by atoms with Gasteiger partial charge in [0.25, 0.3) is 0 Å². The lowest BCUT2D eigenvalue weighted by atomic mass is 10.1. The van der Waals surface area contributed by atoms with Crippen LogP contribution in [0.5, 0.6) is 0 Å². The Balaban J connectivity index is 2.21. The standard InChI is InChI=1S/C14H12BrClFN3O/c15-9-4-5-12(11(16)6-9)19-7-8-2-1-3-10(13(8)17)14(18)20-21/h1-6,19,21H,7H2,(H2,18,20). The number of amidine groups is 1. The van der Waals surface area contributed by atoms with Crippen molar-refractivity contribution < 1.29 is 9.60 Å². The van der Waals surface area contributed by atoms with Gasteiger partial charge in [0, 0.05) is 16.6 Å². The third-order valence-electron chi connectivity index (χ3n) is 2.86. The molecule has 0 radical (unpaired) electrons. The number of hydrogen-bond donors (Lipinski definition) is 3. The number of benzene rings is 2. The fourth-order valence-electron chi connectivity index (χ4n) is 1.79. The second kappa shape index (κ2) is 6.78. The van der Waals surface area contributed by atoms with Crippen molar-refractivity contribution in [3.63, 3.8) is 0 Å². The van der Waals surface area contributed by atoms with E-state index in [1.807, 2.05) is 6.07 Å². The van der Waals surface area contributed by atoms with Crippen LogP contribution in [-0.2, 0) is 6.54 Å². The van der Waals surface area contributed by atoms with E-state index in [2.05, 4.69) is 26.4 Å². The topological polar surface area (TPSA) is 70.6 Å². The van der Waals surface area contributed by atoms with E-state index < -0.39 is 5.82 Å². The molecule has 110 valence electrons. The van der Waals surface area contributed by atoms with Gasteiger partial charge in [0.05, 0.1) is 16.3 Å². The van der Waals surface area contributed by atoms with Gasteiger partial charge in [-0.2, -0.15) is 0 Å². The molecule has 0 spiro atoms.